The van der Waals surface area contributed by atoms with Crippen LogP contribution >= 0.6 is 0 Å². The van der Waals surface area contributed by atoms with Crippen molar-refractivity contribution in [3.05, 3.63) is 29.6 Å². The lowest BCUT2D eigenvalue weighted by molar-refractivity contribution is -0.122. The molecule has 1 aliphatic carbocycles. The summed E-state index contributed by atoms with van der Waals surface area (Å²) in [5, 5.41) is 6.34. The Morgan fingerprint density at radius 2 is 1.72 bits per heavy atom. The molecule has 0 radical (unpaired) electrons. The molecule has 6 nitrogen and oxygen atoms in total. The first-order chi connectivity index (χ1) is 15.5. The smallest absolute Gasteiger partial charge is 0.317 e. The normalized spacial score (nSPS) is 22.8. The van der Waals surface area contributed by atoms with Crippen molar-refractivity contribution in [2.75, 3.05) is 31.1 Å². The van der Waals surface area contributed by atoms with Gasteiger partial charge in [0.2, 0.25) is 5.91 Å². The second-order valence-corrected chi connectivity index (χ2v) is 9.87. The van der Waals surface area contributed by atoms with E-state index in [2.05, 4.69) is 10.6 Å². The van der Waals surface area contributed by atoms with Gasteiger partial charge in [0.15, 0.2) is 0 Å². The van der Waals surface area contributed by atoms with E-state index in [1.807, 2.05) is 22.8 Å². The summed E-state index contributed by atoms with van der Waals surface area (Å²) >= 11 is 0. The highest BCUT2D eigenvalue weighted by Crippen LogP contribution is 2.28. The Labute approximate surface area is 190 Å². The second-order valence-electron chi connectivity index (χ2n) is 9.87. The van der Waals surface area contributed by atoms with Crippen LogP contribution in [-0.2, 0) is 4.79 Å². The summed E-state index contributed by atoms with van der Waals surface area (Å²) in [5.41, 5.74) is 1.66. The molecule has 3 aliphatic rings. The van der Waals surface area contributed by atoms with Gasteiger partial charge in [0.25, 0.3) is 0 Å². The van der Waals surface area contributed by atoms with Crippen LogP contribution in [0.25, 0.3) is 0 Å². The van der Waals surface area contributed by atoms with Crippen molar-refractivity contribution in [3.63, 3.8) is 0 Å². The van der Waals surface area contributed by atoms with Gasteiger partial charge in [-0.15, -0.1) is 0 Å². The molecule has 176 valence electrons. The van der Waals surface area contributed by atoms with E-state index < -0.39 is 0 Å². The molecule has 1 aromatic carbocycles. The number of nitrogens with one attached hydrogen (secondary N) is 2. The first-order valence-corrected chi connectivity index (χ1v) is 12.3. The van der Waals surface area contributed by atoms with E-state index in [1.54, 1.807) is 6.07 Å². The molecule has 4 rings (SSSR count). The lowest BCUT2D eigenvalue weighted by atomic mass is 10.0. The topological polar surface area (TPSA) is 64.7 Å². The Morgan fingerprint density at radius 3 is 2.47 bits per heavy atom. The number of likely N-dealkylation sites (tertiary alicyclic amines) is 1. The van der Waals surface area contributed by atoms with Gasteiger partial charge in [0.05, 0.1) is 5.69 Å². The van der Waals surface area contributed by atoms with Crippen molar-refractivity contribution in [1.82, 2.24) is 15.5 Å². The van der Waals surface area contributed by atoms with Gasteiger partial charge in [-0.25, -0.2) is 9.18 Å². The molecule has 1 aromatic rings. The lowest BCUT2D eigenvalue weighted by Gasteiger charge is -2.37. The van der Waals surface area contributed by atoms with Gasteiger partial charge >= 0.3 is 6.03 Å². The fraction of sp³-hybridized carbons (Fsp3) is 0.680. The largest absolute Gasteiger partial charge is 0.367 e. The highest BCUT2D eigenvalue weighted by Gasteiger charge is 2.28. The number of nitrogens with zero attached hydrogens (tertiary/aromatic N) is 2. The number of benzene rings is 1. The third-order valence-electron chi connectivity index (χ3n) is 7.29. The highest BCUT2D eigenvalue weighted by molar-refractivity contribution is 5.77. The summed E-state index contributed by atoms with van der Waals surface area (Å²) in [7, 11) is 0. The van der Waals surface area contributed by atoms with E-state index in [0.29, 0.717) is 37.7 Å². The van der Waals surface area contributed by atoms with E-state index in [1.165, 1.54) is 31.7 Å². The highest BCUT2D eigenvalue weighted by atomic mass is 19.1. The number of carbonyl (C=O) groups is 2. The van der Waals surface area contributed by atoms with Gasteiger partial charge in [0, 0.05) is 44.7 Å². The van der Waals surface area contributed by atoms with Gasteiger partial charge in [-0.05, 0) is 69.1 Å². The molecule has 1 atom stereocenters. The van der Waals surface area contributed by atoms with Crippen LogP contribution in [0.3, 0.4) is 0 Å². The molecule has 1 unspecified atom stereocenters. The van der Waals surface area contributed by atoms with E-state index >= 15 is 0 Å². The van der Waals surface area contributed by atoms with E-state index in [9.17, 15) is 14.0 Å². The maximum atomic E-state index is 14.3. The summed E-state index contributed by atoms with van der Waals surface area (Å²) < 4.78 is 14.3. The first-order valence-electron chi connectivity index (χ1n) is 12.3. The van der Waals surface area contributed by atoms with E-state index in [4.69, 9.17) is 0 Å². The number of carbonyl (C=O) groups excluding carboxylic acids is 2. The third kappa shape index (κ3) is 5.93. The molecule has 0 aromatic heterocycles. The van der Waals surface area contributed by atoms with Crippen LogP contribution in [0.1, 0.15) is 63.4 Å². The minimum absolute atomic E-state index is 0.0139. The zero-order valence-electron chi connectivity index (χ0n) is 19.2. The molecule has 3 fully saturated rings. The number of rotatable bonds is 5. The van der Waals surface area contributed by atoms with Gasteiger partial charge in [-0.2, -0.15) is 0 Å². The number of hydrogen-bond acceptors (Lipinski definition) is 3. The number of aryl methyl sites for hydroxylation is 1. The Balaban J connectivity index is 1.21. The average Bonchev–Trinajstić information content (AvgIpc) is 3.29. The fourth-order valence-electron chi connectivity index (χ4n) is 5.43. The molecule has 2 N–H and O–H groups in total. The van der Waals surface area contributed by atoms with Crippen molar-refractivity contribution >= 4 is 17.6 Å². The molecule has 0 bridgehead atoms. The Morgan fingerprint density at radius 1 is 0.969 bits per heavy atom. The van der Waals surface area contributed by atoms with Gasteiger partial charge in [-0.1, -0.05) is 18.9 Å². The number of anilines is 1. The van der Waals surface area contributed by atoms with E-state index in [-0.39, 0.29) is 29.8 Å². The van der Waals surface area contributed by atoms with Gasteiger partial charge < -0.3 is 20.4 Å². The molecule has 7 heteroatoms. The molecular formula is C25H37FN4O2. The first kappa shape index (κ1) is 22.9. The zero-order chi connectivity index (χ0) is 22.5. The van der Waals surface area contributed by atoms with Crippen LogP contribution < -0.4 is 15.5 Å². The minimum Gasteiger partial charge on any atom is -0.367 e. The number of piperidine rings is 2. The van der Waals surface area contributed by atoms with Crippen molar-refractivity contribution in [3.8, 4) is 0 Å². The molecule has 0 spiro atoms. The minimum atomic E-state index is -0.209. The Kier molecular flexibility index (Phi) is 7.53. The monoisotopic (exact) mass is 444 g/mol. The van der Waals surface area contributed by atoms with Crippen LogP contribution in [0.4, 0.5) is 14.9 Å². The number of hydrogen-bond donors (Lipinski definition) is 2. The predicted octanol–water partition coefficient (Wildman–Crippen LogP) is 3.97. The lowest BCUT2D eigenvalue weighted by Crippen LogP contribution is -2.54. The number of amides is 3. The summed E-state index contributed by atoms with van der Waals surface area (Å²) in [6.07, 6.45) is 8.96. The van der Waals surface area contributed by atoms with Crippen LogP contribution in [0.15, 0.2) is 18.2 Å². The second kappa shape index (κ2) is 10.5. The summed E-state index contributed by atoms with van der Waals surface area (Å²) in [6, 6.07) is 5.32. The quantitative estimate of drug-likeness (QED) is 0.722. The SMILES string of the molecule is Cc1ccc(F)c(N2CCCC(NC(=O)N3CCC(NC(=O)CC4CCCC4)CC3)C2)c1. The van der Waals surface area contributed by atoms with E-state index in [0.717, 1.165) is 37.8 Å². The van der Waals surface area contributed by atoms with Gasteiger partial charge in [-0.3, -0.25) is 4.79 Å². The van der Waals surface area contributed by atoms with Crippen molar-refractivity contribution in [2.45, 2.75) is 76.8 Å². The number of urea groups is 1. The summed E-state index contributed by atoms with van der Waals surface area (Å²) in [5.74, 6) is 0.523. The van der Waals surface area contributed by atoms with Crippen LogP contribution in [0.2, 0.25) is 0 Å². The van der Waals surface area contributed by atoms with Crippen LogP contribution in [-0.4, -0.2) is 55.1 Å². The molecule has 1 saturated carbocycles. The Bertz CT molecular complexity index is 803. The van der Waals surface area contributed by atoms with Crippen molar-refractivity contribution < 1.29 is 14.0 Å². The molecule has 2 saturated heterocycles. The predicted molar refractivity (Wildman–Crippen MR) is 124 cm³/mol. The molecule has 2 heterocycles. The fourth-order valence-corrected chi connectivity index (χ4v) is 5.43. The number of halogens is 1. The summed E-state index contributed by atoms with van der Waals surface area (Å²) in [6.45, 7) is 4.71. The summed E-state index contributed by atoms with van der Waals surface area (Å²) in [4.78, 5) is 29.0. The van der Waals surface area contributed by atoms with Crippen LogP contribution in [0.5, 0.6) is 0 Å². The maximum absolute atomic E-state index is 14.3. The molecule has 2 aliphatic heterocycles. The zero-order valence-corrected chi connectivity index (χ0v) is 19.2. The maximum Gasteiger partial charge on any atom is 0.317 e. The van der Waals surface area contributed by atoms with Crippen molar-refractivity contribution in [2.24, 2.45) is 5.92 Å². The standard InChI is InChI=1S/C25H37FN4O2/c1-18-8-9-22(26)23(15-18)30-12-4-7-21(17-30)28-25(32)29-13-10-20(11-14-29)27-24(31)16-19-5-2-3-6-19/h8-9,15,19-21H,2-7,10-14,16-17H2,1H3,(H,27,31)(H,28,32). The van der Waals surface area contributed by atoms with Crippen LogP contribution in [0, 0.1) is 18.7 Å². The third-order valence-corrected chi connectivity index (χ3v) is 7.29. The molecule has 3 amide bonds. The Hall–Kier alpha value is -2.31. The average molecular weight is 445 g/mol. The molecular weight excluding hydrogens is 407 g/mol. The van der Waals surface area contributed by atoms with Crippen molar-refractivity contribution in [1.29, 1.82) is 0 Å². The van der Waals surface area contributed by atoms with Gasteiger partial charge in [0.1, 0.15) is 5.82 Å². The molecule has 32 heavy (non-hydrogen) atoms.